The highest BCUT2D eigenvalue weighted by atomic mass is 16.5. The highest BCUT2D eigenvalue weighted by Crippen LogP contribution is 2.24. The van der Waals surface area contributed by atoms with Gasteiger partial charge in [0.25, 0.3) is 0 Å². The molecule has 2 rings (SSSR count). The summed E-state index contributed by atoms with van der Waals surface area (Å²) in [6.45, 7) is 5.54. The molecule has 1 saturated heterocycles. The number of nitrogens with two attached hydrogens (primary N) is 1. The maximum Gasteiger partial charge on any atom is 0.0824 e. The number of hydrogen-bond donors (Lipinski definition) is 1. The molecule has 1 aliphatic rings. The Labute approximate surface area is 116 Å². The van der Waals surface area contributed by atoms with E-state index in [0.717, 1.165) is 19.7 Å². The van der Waals surface area contributed by atoms with Gasteiger partial charge in [-0.05, 0) is 24.6 Å². The molecule has 0 aromatic heterocycles. The van der Waals surface area contributed by atoms with Crippen LogP contribution in [0.3, 0.4) is 0 Å². The van der Waals surface area contributed by atoms with Crippen molar-refractivity contribution in [3.05, 3.63) is 29.8 Å². The standard InChI is InChI=1S/C15H25N3O/c1-12(18-8-9-19-15(10-16)11-18)13-4-6-14(7-5-13)17(2)3/h4-7,12,15H,8-11,16H2,1-3H3. The molecule has 0 saturated carbocycles. The van der Waals surface area contributed by atoms with Crippen LogP contribution < -0.4 is 10.6 Å². The van der Waals surface area contributed by atoms with E-state index in [-0.39, 0.29) is 6.10 Å². The average Bonchev–Trinajstić information content (AvgIpc) is 2.46. The zero-order valence-corrected chi connectivity index (χ0v) is 12.2. The second-order valence-corrected chi connectivity index (χ2v) is 5.39. The summed E-state index contributed by atoms with van der Waals surface area (Å²) < 4.78 is 5.62. The molecular weight excluding hydrogens is 238 g/mol. The van der Waals surface area contributed by atoms with Crippen LogP contribution in [0.1, 0.15) is 18.5 Å². The average molecular weight is 263 g/mol. The molecule has 19 heavy (non-hydrogen) atoms. The van der Waals surface area contributed by atoms with E-state index < -0.39 is 0 Å². The third-order valence-corrected chi connectivity index (χ3v) is 3.87. The molecule has 1 fully saturated rings. The Morgan fingerprint density at radius 2 is 2.05 bits per heavy atom. The lowest BCUT2D eigenvalue weighted by Crippen LogP contribution is -2.46. The molecule has 4 nitrogen and oxygen atoms in total. The van der Waals surface area contributed by atoms with Gasteiger partial charge in [-0.15, -0.1) is 0 Å². The molecule has 1 aromatic carbocycles. The normalized spacial score (nSPS) is 22.2. The van der Waals surface area contributed by atoms with Gasteiger partial charge in [0.1, 0.15) is 0 Å². The van der Waals surface area contributed by atoms with Crippen LogP contribution in [-0.4, -0.2) is 51.3 Å². The Balaban J connectivity index is 2.04. The first-order valence-corrected chi connectivity index (χ1v) is 6.95. The van der Waals surface area contributed by atoms with Crippen LogP contribution >= 0.6 is 0 Å². The number of ether oxygens (including phenoxy) is 1. The molecule has 0 aliphatic carbocycles. The third-order valence-electron chi connectivity index (χ3n) is 3.87. The van der Waals surface area contributed by atoms with Crippen molar-refractivity contribution in [3.63, 3.8) is 0 Å². The zero-order valence-electron chi connectivity index (χ0n) is 12.2. The third kappa shape index (κ3) is 3.47. The SMILES string of the molecule is CC(c1ccc(N(C)C)cc1)N1CCOC(CN)C1. The van der Waals surface area contributed by atoms with Crippen molar-refractivity contribution < 1.29 is 4.74 Å². The van der Waals surface area contributed by atoms with Crippen molar-refractivity contribution >= 4 is 5.69 Å². The van der Waals surface area contributed by atoms with Crippen LogP contribution in [0.25, 0.3) is 0 Å². The Bertz CT molecular complexity index is 391. The van der Waals surface area contributed by atoms with Gasteiger partial charge < -0.3 is 15.4 Å². The highest BCUT2D eigenvalue weighted by molar-refractivity contribution is 5.46. The highest BCUT2D eigenvalue weighted by Gasteiger charge is 2.23. The minimum Gasteiger partial charge on any atom is -0.378 e. The molecule has 1 aromatic rings. The van der Waals surface area contributed by atoms with Gasteiger partial charge in [0.15, 0.2) is 0 Å². The van der Waals surface area contributed by atoms with Crippen LogP contribution in [0.5, 0.6) is 0 Å². The van der Waals surface area contributed by atoms with Crippen LogP contribution in [-0.2, 0) is 4.74 Å². The van der Waals surface area contributed by atoms with E-state index in [9.17, 15) is 0 Å². The summed E-state index contributed by atoms with van der Waals surface area (Å²) in [5, 5.41) is 0. The maximum absolute atomic E-state index is 5.70. The monoisotopic (exact) mass is 263 g/mol. The smallest absolute Gasteiger partial charge is 0.0824 e. The number of rotatable bonds is 4. The predicted molar refractivity (Wildman–Crippen MR) is 79.6 cm³/mol. The molecule has 0 radical (unpaired) electrons. The minimum atomic E-state index is 0.178. The molecule has 0 spiro atoms. The fourth-order valence-corrected chi connectivity index (χ4v) is 2.50. The summed E-state index contributed by atoms with van der Waals surface area (Å²) in [5.74, 6) is 0. The van der Waals surface area contributed by atoms with Gasteiger partial charge in [0, 0.05) is 45.5 Å². The summed E-state index contributed by atoms with van der Waals surface area (Å²) in [5.41, 5.74) is 8.28. The van der Waals surface area contributed by atoms with Gasteiger partial charge in [-0.1, -0.05) is 12.1 Å². The van der Waals surface area contributed by atoms with E-state index >= 15 is 0 Å². The molecule has 0 bridgehead atoms. The summed E-state index contributed by atoms with van der Waals surface area (Å²) in [7, 11) is 4.12. The minimum absolute atomic E-state index is 0.178. The second kappa shape index (κ2) is 6.37. The lowest BCUT2D eigenvalue weighted by atomic mass is 10.1. The van der Waals surface area contributed by atoms with E-state index in [2.05, 4.69) is 55.1 Å². The summed E-state index contributed by atoms with van der Waals surface area (Å²) in [6.07, 6.45) is 0.178. The molecule has 2 atom stereocenters. The molecule has 106 valence electrons. The Morgan fingerprint density at radius 3 is 2.63 bits per heavy atom. The van der Waals surface area contributed by atoms with E-state index in [0.29, 0.717) is 12.6 Å². The second-order valence-electron chi connectivity index (χ2n) is 5.39. The van der Waals surface area contributed by atoms with Crippen LogP contribution in [0.4, 0.5) is 5.69 Å². The molecule has 1 heterocycles. The van der Waals surface area contributed by atoms with Crippen molar-refractivity contribution in [3.8, 4) is 0 Å². The van der Waals surface area contributed by atoms with Crippen LogP contribution in [0.15, 0.2) is 24.3 Å². The van der Waals surface area contributed by atoms with Crippen molar-refractivity contribution in [1.29, 1.82) is 0 Å². The molecule has 1 aliphatic heterocycles. The van der Waals surface area contributed by atoms with E-state index in [1.165, 1.54) is 11.3 Å². The summed E-state index contributed by atoms with van der Waals surface area (Å²) in [6, 6.07) is 9.19. The van der Waals surface area contributed by atoms with E-state index in [1.54, 1.807) is 0 Å². The van der Waals surface area contributed by atoms with Crippen molar-refractivity contribution in [2.24, 2.45) is 5.73 Å². The number of anilines is 1. The Hall–Kier alpha value is -1.10. The van der Waals surface area contributed by atoms with Crippen LogP contribution in [0, 0.1) is 0 Å². The predicted octanol–water partition coefficient (Wildman–Crippen LogP) is 1.47. The van der Waals surface area contributed by atoms with Crippen molar-refractivity contribution in [1.82, 2.24) is 4.90 Å². The Morgan fingerprint density at radius 1 is 1.37 bits per heavy atom. The first kappa shape index (κ1) is 14.3. The van der Waals surface area contributed by atoms with Gasteiger partial charge in [0.05, 0.1) is 12.7 Å². The maximum atomic E-state index is 5.70. The fraction of sp³-hybridized carbons (Fsp3) is 0.600. The zero-order chi connectivity index (χ0) is 13.8. The first-order valence-electron chi connectivity index (χ1n) is 6.95. The molecule has 2 N–H and O–H groups in total. The van der Waals surface area contributed by atoms with E-state index in [4.69, 9.17) is 10.5 Å². The lowest BCUT2D eigenvalue weighted by Gasteiger charge is -2.36. The molecule has 4 heteroatoms. The quantitative estimate of drug-likeness (QED) is 0.893. The van der Waals surface area contributed by atoms with E-state index in [1.807, 2.05) is 0 Å². The number of benzene rings is 1. The molecule has 2 unspecified atom stereocenters. The Kier molecular flexibility index (Phi) is 4.80. The van der Waals surface area contributed by atoms with Gasteiger partial charge in [0.2, 0.25) is 0 Å². The first-order chi connectivity index (χ1) is 9.11. The molecule has 0 amide bonds. The van der Waals surface area contributed by atoms with Crippen molar-refractivity contribution in [2.45, 2.75) is 19.1 Å². The topological polar surface area (TPSA) is 41.7 Å². The van der Waals surface area contributed by atoms with Gasteiger partial charge in [-0.2, -0.15) is 0 Å². The fourth-order valence-electron chi connectivity index (χ4n) is 2.50. The van der Waals surface area contributed by atoms with Gasteiger partial charge >= 0.3 is 0 Å². The number of morpholine rings is 1. The van der Waals surface area contributed by atoms with Gasteiger partial charge in [-0.3, -0.25) is 4.90 Å². The van der Waals surface area contributed by atoms with Crippen LogP contribution in [0.2, 0.25) is 0 Å². The van der Waals surface area contributed by atoms with Crippen molar-refractivity contribution in [2.75, 3.05) is 45.2 Å². The molecular formula is C15H25N3O. The summed E-state index contributed by atoms with van der Waals surface area (Å²) in [4.78, 5) is 4.57. The largest absolute Gasteiger partial charge is 0.378 e. The lowest BCUT2D eigenvalue weighted by molar-refractivity contribution is -0.0364. The number of nitrogens with zero attached hydrogens (tertiary/aromatic N) is 2. The number of hydrogen-bond acceptors (Lipinski definition) is 4. The van der Waals surface area contributed by atoms with Gasteiger partial charge in [-0.25, -0.2) is 0 Å². The summed E-state index contributed by atoms with van der Waals surface area (Å²) >= 11 is 0.